The van der Waals surface area contributed by atoms with E-state index in [1.165, 1.54) is 17.4 Å². The molecule has 1 aromatic heterocycles. The van der Waals surface area contributed by atoms with Gasteiger partial charge in [-0.05, 0) is 48.1 Å². The normalized spacial score (nSPS) is 16.5. The Morgan fingerprint density at radius 2 is 2.11 bits per heavy atom. The van der Waals surface area contributed by atoms with Crippen molar-refractivity contribution in [3.63, 3.8) is 0 Å². The lowest BCUT2D eigenvalue weighted by atomic mass is 9.98. The van der Waals surface area contributed by atoms with Crippen molar-refractivity contribution in [2.24, 2.45) is 0 Å². The van der Waals surface area contributed by atoms with E-state index in [0.717, 1.165) is 19.4 Å². The highest BCUT2D eigenvalue weighted by atomic mass is 32.1. The molecule has 0 bridgehead atoms. The fourth-order valence-electron chi connectivity index (χ4n) is 3.58. The first kappa shape index (κ1) is 19.4. The van der Waals surface area contributed by atoms with Gasteiger partial charge in [-0.3, -0.25) is 14.5 Å². The second-order valence-electron chi connectivity index (χ2n) is 6.59. The molecular weight excluding hydrogens is 362 g/mol. The summed E-state index contributed by atoms with van der Waals surface area (Å²) in [4.78, 5) is 27.6. The van der Waals surface area contributed by atoms with Crippen molar-refractivity contribution in [3.05, 3.63) is 40.1 Å². The number of fused-ring (bicyclic) bond motifs is 1. The number of thiophene rings is 1. The summed E-state index contributed by atoms with van der Waals surface area (Å²) in [5.41, 5.74) is 2.52. The fraction of sp³-hybridized carbons (Fsp3) is 0.400. The molecule has 27 heavy (non-hydrogen) atoms. The number of carbonyl (C=O) groups excluding carboxylic acids is 2. The molecule has 1 aliphatic heterocycles. The number of rotatable bonds is 6. The molecular formula is C20H25N3O3S. The second-order valence-corrected chi connectivity index (χ2v) is 7.59. The predicted molar refractivity (Wildman–Crippen MR) is 109 cm³/mol. The number of anilines is 2. The van der Waals surface area contributed by atoms with Crippen molar-refractivity contribution in [1.29, 1.82) is 0 Å². The molecule has 1 aliphatic rings. The van der Waals surface area contributed by atoms with Crippen LogP contribution in [0.3, 0.4) is 0 Å². The number of amides is 2. The van der Waals surface area contributed by atoms with Gasteiger partial charge in [-0.25, -0.2) is 0 Å². The van der Waals surface area contributed by atoms with Crippen molar-refractivity contribution >= 4 is 34.5 Å². The Balaban J connectivity index is 1.71. The van der Waals surface area contributed by atoms with E-state index >= 15 is 0 Å². The standard InChI is InChI=1S/C20H25N3O3S/c1-4-17-15-8-10-27-19(15)7-9-23(17)12-20(25)22-16-11-14(21-13(2)24)5-6-18(16)26-3/h5-6,8,10-11,17H,4,7,9,12H2,1-3H3,(H,21,24)(H,22,25)/t17-/m0/s1. The number of nitrogens with one attached hydrogen (secondary N) is 2. The first-order valence-electron chi connectivity index (χ1n) is 9.07. The van der Waals surface area contributed by atoms with Crippen LogP contribution in [-0.4, -0.2) is 36.9 Å². The zero-order valence-electron chi connectivity index (χ0n) is 15.9. The summed E-state index contributed by atoms with van der Waals surface area (Å²) in [6, 6.07) is 7.64. The summed E-state index contributed by atoms with van der Waals surface area (Å²) in [6.07, 6.45) is 1.95. The zero-order chi connectivity index (χ0) is 19.4. The molecule has 2 amide bonds. The number of carbonyl (C=O) groups is 2. The third kappa shape index (κ3) is 4.48. The van der Waals surface area contributed by atoms with E-state index in [4.69, 9.17) is 4.74 Å². The highest BCUT2D eigenvalue weighted by Crippen LogP contribution is 2.35. The van der Waals surface area contributed by atoms with Crippen LogP contribution in [0.4, 0.5) is 11.4 Å². The molecule has 2 heterocycles. The summed E-state index contributed by atoms with van der Waals surface area (Å²) in [6.45, 7) is 4.80. The Hall–Kier alpha value is -2.38. The van der Waals surface area contributed by atoms with E-state index in [0.29, 0.717) is 23.7 Å². The average molecular weight is 388 g/mol. The Labute approximate surface area is 163 Å². The molecule has 1 atom stereocenters. The minimum atomic E-state index is -0.164. The fourth-order valence-corrected chi connectivity index (χ4v) is 4.50. The van der Waals surface area contributed by atoms with Crippen LogP contribution in [0, 0.1) is 0 Å². The maximum absolute atomic E-state index is 12.7. The molecule has 0 spiro atoms. The Bertz CT molecular complexity index is 834. The van der Waals surface area contributed by atoms with Gasteiger partial charge < -0.3 is 15.4 Å². The molecule has 0 unspecified atom stereocenters. The van der Waals surface area contributed by atoms with Crippen molar-refractivity contribution < 1.29 is 14.3 Å². The minimum absolute atomic E-state index is 0.0922. The number of nitrogens with zero attached hydrogens (tertiary/aromatic N) is 1. The predicted octanol–water partition coefficient (Wildman–Crippen LogP) is 3.66. The van der Waals surface area contributed by atoms with Gasteiger partial charge in [0.05, 0.1) is 19.3 Å². The molecule has 3 rings (SSSR count). The average Bonchev–Trinajstić information content (AvgIpc) is 3.10. The second kappa shape index (κ2) is 8.54. The van der Waals surface area contributed by atoms with Crippen molar-refractivity contribution in [3.8, 4) is 5.75 Å². The molecule has 0 aliphatic carbocycles. The Morgan fingerprint density at radius 1 is 1.30 bits per heavy atom. The number of benzene rings is 1. The molecule has 1 aromatic carbocycles. The summed E-state index contributed by atoms with van der Waals surface area (Å²) >= 11 is 1.80. The monoisotopic (exact) mass is 387 g/mol. The minimum Gasteiger partial charge on any atom is -0.495 e. The smallest absolute Gasteiger partial charge is 0.238 e. The Kier molecular flexibility index (Phi) is 6.13. The molecule has 0 fully saturated rings. The highest BCUT2D eigenvalue weighted by molar-refractivity contribution is 7.10. The third-order valence-electron chi connectivity index (χ3n) is 4.73. The van der Waals surface area contributed by atoms with Gasteiger partial charge in [-0.1, -0.05) is 6.92 Å². The summed E-state index contributed by atoms with van der Waals surface area (Å²) in [5.74, 6) is 0.303. The van der Waals surface area contributed by atoms with Crippen LogP contribution in [0.25, 0.3) is 0 Å². The Morgan fingerprint density at radius 3 is 2.81 bits per heavy atom. The lowest BCUT2D eigenvalue weighted by Crippen LogP contribution is -2.40. The van der Waals surface area contributed by atoms with Gasteiger partial charge in [-0.2, -0.15) is 0 Å². The molecule has 0 radical (unpaired) electrons. The molecule has 7 heteroatoms. The molecule has 2 N–H and O–H groups in total. The number of hydrogen-bond donors (Lipinski definition) is 2. The van der Waals surface area contributed by atoms with E-state index in [1.807, 2.05) is 0 Å². The number of hydrogen-bond acceptors (Lipinski definition) is 5. The van der Waals surface area contributed by atoms with E-state index < -0.39 is 0 Å². The maximum atomic E-state index is 12.7. The van der Waals surface area contributed by atoms with Crippen LogP contribution in [-0.2, 0) is 16.0 Å². The molecule has 0 saturated heterocycles. The van der Waals surface area contributed by atoms with Crippen molar-refractivity contribution in [2.75, 3.05) is 30.8 Å². The van der Waals surface area contributed by atoms with Gasteiger partial charge in [0.1, 0.15) is 5.75 Å². The van der Waals surface area contributed by atoms with E-state index in [1.54, 1.807) is 36.6 Å². The summed E-state index contributed by atoms with van der Waals surface area (Å²) < 4.78 is 5.33. The van der Waals surface area contributed by atoms with Gasteiger partial charge in [0.25, 0.3) is 0 Å². The molecule has 2 aromatic rings. The first-order chi connectivity index (χ1) is 13.0. The largest absolute Gasteiger partial charge is 0.495 e. The lowest BCUT2D eigenvalue weighted by molar-refractivity contribution is -0.118. The van der Waals surface area contributed by atoms with E-state index in [9.17, 15) is 9.59 Å². The lowest BCUT2D eigenvalue weighted by Gasteiger charge is -2.34. The SMILES string of the molecule is CC[C@H]1c2ccsc2CCN1CC(=O)Nc1cc(NC(C)=O)ccc1OC. The van der Waals surface area contributed by atoms with Gasteiger partial charge in [0.2, 0.25) is 11.8 Å². The van der Waals surface area contributed by atoms with Crippen LogP contribution >= 0.6 is 11.3 Å². The van der Waals surface area contributed by atoms with Gasteiger partial charge >= 0.3 is 0 Å². The van der Waals surface area contributed by atoms with E-state index in [2.05, 4.69) is 33.9 Å². The zero-order valence-corrected chi connectivity index (χ0v) is 16.7. The topological polar surface area (TPSA) is 70.7 Å². The highest BCUT2D eigenvalue weighted by Gasteiger charge is 2.28. The van der Waals surface area contributed by atoms with Crippen LogP contribution in [0.15, 0.2) is 29.6 Å². The third-order valence-corrected chi connectivity index (χ3v) is 5.73. The van der Waals surface area contributed by atoms with Crippen LogP contribution < -0.4 is 15.4 Å². The van der Waals surface area contributed by atoms with Crippen LogP contribution in [0.1, 0.15) is 36.8 Å². The summed E-state index contributed by atoms with van der Waals surface area (Å²) in [5, 5.41) is 7.79. The van der Waals surface area contributed by atoms with Crippen molar-refractivity contribution in [1.82, 2.24) is 4.90 Å². The maximum Gasteiger partial charge on any atom is 0.238 e. The van der Waals surface area contributed by atoms with Gasteiger partial charge in [0, 0.05) is 30.1 Å². The van der Waals surface area contributed by atoms with Crippen LogP contribution in [0.2, 0.25) is 0 Å². The van der Waals surface area contributed by atoms with Crippen LogP contribution in [0.5, 0.6) is 5.75 Å². The molecule has 144 valence electrons. The first-order valence-corrected chi connectivity index (χ1v) is 9.95. The number of methoxy groups -OCH3 is 1. The molecule has 0 saturated carbocycles. The van der Waals surface area contributed by atoms with Crippen molar-refractivity contribution in [2.45, 2.75) is 32.7 Å². The summed E-state index contributed by atoms with van der Waals surface area (Å²) in [7, 11) is 1.55. The van der Waals surface area contributed by atoms with Gasteiger partial charge in [0.15, 0.2) is 0 Å². The molecule has 6 nitrogen and oxygen atoms in total. The quantitative estimate of drug-likeness (QED) is 0.794. The van der Waals surface area contributed by atoms with E-state index in [-0.39, 0.29) is 17.9 Å². The number of ether oxygens (including phenoxy) is 1. The van der Waals surface area contributed by atoms with Gasteiger partial charge in [-0.15, -0.1) is 11.3 Å².